The van der Waals surface area contributed by atoms with Crippen LogP contribution in [0.1, 0.15) is 238 Å². The lowest BCUT2D eigenvalue weighted by atomic mass is 9.59. The number of rotatable bonds is 27. The van der Waals surface area contributed by atoms with Crippen molar-refractivity contribution in [3.8, 4) is 0 Å². The molecule has 0 aliphatic heterocycles. The third kappa shape index (κ3) is 13.2. The summed E-state index contributed by atoms with van der Waals surface area (Å²) in [4.78, 5) is 0. The maximum absolute atomic E-state index is 6.30. The second kappa shape index (κ2) is 25.4. The van der Waals surface area contributed by atoms with E-state index in [1.807, 2.05) is 0 Å². The Bertz CT molecular complexity index is 1660. The van der Waals surface area contributed by atoms with Crippen molar-refractivity contribution in [1.82, 2.24) is 0 Å². The van der Waals surface area contributed by atoms with Crippen molar-refractivity contribution in [3.63, 3.8) is 0 Å². The van der Waals surface area contributed by atoms with E-state index < -0.39 is 0 Å². The first-order chi connectivity index (χ1) is 29.3. The maximum atomic E-state index is 6.30. The largest absolute Gasteiger partial charge is 0.399 e. The minimum Gasteiger partial charge on any atom is -0.399 e. The highest BCUT2D eigenvalue weighted by atomic mass is 14.5. The third-order valence-corrected chi connectivity index (χ3v) is 14.7. The molecule has 0 bridgehead atoms. The molecule has 1 saturated carbocycles. The lowest BCUT2D eigenvalue weighted by molar-refractivity contribution is 0.221. The van der Waals surface area contributed by atoms with Gasteiger partial charge in [-0.15, -0.1) is 0 Å². The smallest absolute Gasteiger partial charge is 0.0316 e. The molecule has 0 saturated heterocycles. The highest BCUT2D eigenvalue weighted by Crippen LogP contribution is 2.50. The fourth-order valence-corrected chi connectivity index (χ4v) is 11.2. The van der Waals surface area contributed by atoms with Crippen LogP contribution in [0.3, 0.4) is 0 Å². The summed E-state index contributed by atoms with van der Waals surface area (Å²) in [5, 5.41) is 0. The van der Waals surface area contributed by atoms with Crippen molar-refractivity contribution in [1.29, 1.82) is 0 Å². The number of nitrogen functional groups attached to an aromatic ring is 2. The molecule has 4 aromatic carbocycles. The molecule has 0 amide bonds. The molecule has 0 spiro atoms. The van der Waals surface area contributed by atoms with Crippen molar-refractivity contribution >= 4 is 11.4 Å². The molecule has 1 aliphatic carbocycles. The molecule has 2 nitrogen and oxygen atoms in total. The summed E-state index contributed by atoms with van der Waals surface area (Å²) in [5.74, 6) is 1.44. The Morgan fingerprint density at radius 1 is 0.467 bits per heavy atom. The summed E-state index contributed by atoms with van der Waals surface area (Å²) in [5.41, 5.74) is 25.9. The summed E-state index contributed by atoms with van der Waals surface area (Å²) in [7, 11) is 0. The fraction of sp³-hybridized carbons (Fsp3) is 0.586. The third-order valence-electron chi connectivity index (χ3n) is 14.7. The first-order valence-corrected chi connectivity index (χ1v) is 25.2. The van der Waals surface area contributed by atoms with Crippen LogP contribution in [0.4, 0.5) is 11.4 Å². The van der Waals surface area contributed by atoms with Crippen LogP contribution < -0.4 is 11.5 Å². The van der Waals surface area contributed by atoms with Crippen LogP contribution in [0.25, 0.3) is 0 Å². The van der Waals surface area contributed by atoms with Crippen LogP contribution >= 0.6 is 0 Å². The predicted octanol–water partition coefficient (Wildman–Crippen LogP) is 17.5. The van der Waals surface area contributed by atoms with Crippen LogP contribution in [-0.2, 0) is 5.41 Å². The van der Waals surface area contributed by atoms with Gasteiger partial charge in [-0.1, -0.05) is 210 Å². The molecule has 1 aliphatic rings. The Morgan fingerprint density at radius 3 is 1.25 bits per heavy atom. The van der Waals surface area contributed by atoms with Crippen LogP contribution in [0.15, 0.2) is 84.9 Å². The first-order valence-electron chi connectivity index (χ1n) is 25.2. The topological polar surface area (TPSA) is 52.0 Å². The second-order valence-electron chi connectivity index (χ2n) is 19.2. The number of hydrogen-bond donors (Lipinski definition) is 2. The van der Waals surface area contributed by atoms with Gasteiger partial charge in [0, 0.05) is 28.6 Å². The molecular formula is C58H86N2. The van der Waals surface area contributed by atoms with E-state index in [0.29, 0.717) is 17.8 Å². The van der Waals surface area contributed by atoms with E-state index in [0.717, 1.165) is 11.4 Å². The number of anilines is 2. The number of unbranched alkanes of at least 4 members (excludes halogenated alkanes) is 14. The van der Waals surface area contributed by atoms with Gasteiger partial charge in [-0.2, -0.15) is 0 Å². The van der Waals surface area contributed by atoms with Crippen LogP contribution in [0, 0.1) is 19.8 Å². The highest BCUT2D eigenvalue weighted by Gasteiger charge is 2.42. The van der Waals surface area contributed by atoms with E-state index in [-0.39, 0.29) is 5.41 Å². The summed E-state index contributed by atoms with van der Waals surface area (Å²) in [6, 6.07) is 33.7. The molecule has 2 atom stereocenters. The quantitative estimate of drug-likeness (QED) is 0.0466. The summed E-state index contributed by atoms with van der Waals surface area (Å²) in [6.07, 6.45) is 32.9. The molecule has 0 radical (unpaired) electrons. The van der Waals surface area contributed by atoms with Gasteiger partial charge in [-0.05, 0) is 121 Å². The van der Waals surface area contributed by atoms with Gasteiger partial charge in [-0.25, -0.2) is 0 Å². The van der Waals surface area contributed by atoms with E-state index >= 15 is 0 Å². The number of hydrogen-bond acceptors (Lipinski definition) is 2. The highest BCUT2D eigenvalue weighted by molar-refractivity contribution is 5.51. The van der Waals surface area contributed by atoms with Gasteiger partial charge >= 0.3 is 0 Å². The molecule has 1 fully saturated rings. The minimum atomic E-state index is 0.0167. The van der Waals surface area contributed by atoms with Crippen molar-refractivity contribution in [3.05, 3.63) is 129 Å². The second-order valence-corrected chi connectivity index (χ2v) is 19.2. The molecular weight excluding hydrogens is 725 g/mol. The molecule has 2 unspecified atom stereocenters. The Kier molecular flexibility index (Phi) is 20.1. The zero-order valence-electron chi connectivity index (χ0n) is 39.1. The van der Waals surface area contributed by atoms with Crippen LogP contribution in [0.5, 0.6) is 0 Å². The Labute approximate surface area is 369 Å². The van der Waals surface area contributed by atoms with Gasteiger partial charge in [0.15, 0.2) is 0 Å². The van der Waals surface area contributed by atoms with Crippen LogP contribution in [0.2, 0.25) is 0 Å². The number of nitrogens with two attached hydrogens (primary N) is 2. The fourth-order valence-electron chi connectivity index (χ4n) is 11.2. The molecule has 60 heavy (non-hydrogen) atoms. The Balaban J connectivity index is 1.50. The molecule has 5 rings (SSSR count). The van der Waals surface area contributed by atoms with Gasteiger partial charge in [0.25, 0.3) is 0 Å². The van der Waals surface area contributed by atoms with E-state index in [1.165, 1.54) is 194 Å². The van der Waals surface area contributed by atoms with Gasteiger partial charge < -0.3 is 11.5 Å². The average Bonchev–Trinajstić information content (AvgIpc) is 3.26. The monoisotopic (exact) mass is 811 g/mol. The van der Waals surface area contributed by atoms with Gasteiger partial charge in [-0.3, -0.25) is 0 Å². The van der Waals surface area contributed by atoms with E-state index in [9.17, 15) is 0 Å². The zero-order chi connectivity index (χ0) is 42.6. The Hall–Kier alpha value is -3.52. The van der Waals surface area contributed by atoms with Crippen molar-refractivity contribution in [2.75, 3.05) is 11.5 Å². The standard InChI is InChI=1S/C58H86N2/c1-6-9-12-14-16-18-23-28-56(54-40-38-52(59)43-45(54)4)47-30-34-50(35-31-47)58(42-25-11-8-3,49-26-21-20-22-27-49)51-36-32-48(33-37-51)57(29-24-19-17-15-13-10-7-2)55-41-39-53(60)44-46(55)5/h30-41,43-44,49,56-57H,6-29,42,59-60H2,1-5H3. The van der Waals surface area contributed by atoms with Gasteiger partial charge in [0.2, 0.25) is 0 Å². The lowest BCUT2D eigenvalue weighted by Gasteiger charge is -2.45. The minimum absolute atomic E-state index is 0.0167. The molecule has 0 aromatic heterocycles. The summed E-state index contributed by atoms with van der Waals surface area (Å²) < 4.78 is 0. The molecule has 4 N–H and O–H groups in total. The number of aryl methyl sites for hydroxylation is 2. The number of benzene rings is 4. The van der Waals surface area contributed by atoms with E-state index in [4.69, 9.17) is 11.5 Å². The maximum Gasteiger partial charge on any atom is 0.0316 e. The molecule has 0 heterocycles. The molecule has 4 aromatic rings. The average molecular weight is 811 g/mol. The first kappa shape index (κ1) is 47.5. The van der Waals surface area contributed by atoms with Crippen molar-refractivity contribution < 1.29 is 0 Å². The van der Waals surface area contributed by atoms with E-state index in [2.05, 4.69) is 120 Å². The van der Waals surface area contributed by atoms with Crippen molar-refractivity contribution in [2.24, 2.45) is 5.92 Å². The van der Waals surface area contributed by atoms with Gasteiger partial charge in [0.1, 0.15) is 0 Å². The SMILES string of the molecule is CCCCCCCCCC(c1ccc(C(CCCCC)(c2ccc(C(CCCCCCCCC)c3ccc(N)cc3C)cc2)C2CCCCC2)cc1)c1ccc(N)cc1C. The normalized spacial score (nSPS) is 15.5. The molecule has 328 valence electrons. The van der Waals surface area contributed by atoms with E-state index in [1.54, 1.807) is 11.1 Å². The van der Waals surface area contributed by atoms with Gasteiger partial charge in [0.05, 0.1) is 0 Å². The zero-order valence-corrected chi connectivity index (χ0v) is 39.1. The Morgan fingerprint density at radius 2 is 0.850 bits per heavy atom. The summed E-state index contributed by atoms with van der Waals surface area (Å²) >= 11 is 0. The lowest BCUT2D eigenvalue weighted by Crippen LogP contribution is -2.38. The summed E-state index contributed by atoms with van der Waals surface area (Å²) in [6.45, 7) is 11.5. The van der Waals surface area contributed by atoms with Crippen LogP contribution in [-0.4, -0.2) is 0 Å². The molecule has 2 heteroatoms. The predicted molar refractivity (Wildman–Crippen MR) is 264 cm³/mol. The van der Waals surface area contributed by atoms with Crippen molar-refractivity contribution in [2.45, 2.75) is 212 Å².